The second-order valence-corrected chi connectivity index (χ2v) is 8.41. The molecule has 4 rings (SSSR count). The van der Waals surface area contributed by atoms with Crippen LogP contribution in [-0.4, -0.2) is 21.6 Å². The standard InChI is InChI=1S/C25H19F4N3OS/c1-2-15-7-12-20-18(13-15)24(32-23(31-20)16-8-10-17(26)11-9-16)34-14-22(33)30-21-6-4-3-5-19(21)25(27,28)29/h3-13H,2,14H2,1H3,(H,30,33). The van der Waals surface area contributed by atoms with Crippen LogP contribution in [0, 0.1) is 5.82 Å². The third kappa shape index (κ3) is 5.36. The molecule has 0 saturated carbocycles. The van der Waals surface area contributed by atoms with Gasteiger partial charge >= 0.3 is 6.18 Å². The van der Waals surface area contributed by atoms with Crippen LogP contribution < -0.4 is 5.32 Å². The molecule has 34 heavy (non-hydrogen) atoms. The highest BCUT2D eigenvalue weighted by molar-refractivity contribution is 8.00. The Kier molecular flexibility index (Phi) is 6.83. The maximum absolute atomic E-state index is 13.3. The number of nitrogens with zero attached hydrogens (tertiary/aromatic N) is 2. The highest BCUT2D eigenvalue weighted by Crippen LogP contribution is 2.35. The number of benzene rings is 3. The first-order chi connectivity index (χ1) is 16.2. The first-order valence-electron chi connectivity index (χ1n) is 10.4. The monoisotopic (exact) mass is 485 g/mol. The summed E-state index contributed by atoms with van der Waals surface area (Å²) >= 11 is 1.10. The Bertz CT molecular complexity index is 1340. The highest BCUT2D eigenvalue weighted by atomic mass is 32.2. The Hall–Kier alpha value is -3.46. The van der Waals surface area contributed by atoms with E-state index in [-0.39, 0.29) is 17.3 Å². The molecule has 0 fully saturated rings. The van der Waals surface area contributed by atoms with E-state index >= 15 is 0 Å². The van der Waals surface area contributed by atoms with Gasteiger partial charge in [0.1, 0.15) is 10.8 Å². The average Bonchev–Trinajstić information content (AvgIpc) is 2.82. The number of hydrogen-bond acceptors (Lipinski definition) is 4. The van der Waals surface area contributed by atoms with Crippen molar-refractivity contribution in [3.05, 3.63) is 83.7 Å². The van der Waals surface area contributed by atoms with Gasteiger partial charge in [0.05, 0.1) is 22.5 Å². The summed E-state index contributed by atoms with van der Waals surface area (Å²) in [7, 11) is 0. The number of halogens is 4. The minimum atomic E-state index is -4.58. The topological polar surface area (TPSA) is 54.9 Å². The van der Waals surface area contributed by atoms with E-state index in [4.69, 9.17) is 0 Å². The molecule has 4 aromatic rings. The molecule has 1 N–H and O–H groups in total. The van der Waals surface area contributed by atoms with E-state index in [2.05, 4.69) is 15.3 Å². The van der Waals surface area contributed by atoms with Gasteiger partial charge in [0.15, 0.2) is 5.82 Å². The predicted molar refractivity (Wildman–Crippen MR) is 125 cm³/mol. The molecule has 1 aromatic heterocycles. The van der Waals surface area contributed by atoms with Crippen LogP contribution >= 0.6 is 11.8 Å². The zero-order valence-electron chi connectivity index (χ0n) is 18.0. The largest absolute Gasteiger partial charge is 0.418 e. The van der Waals surface area contributed by atoms with Crippen LogP contribution in [0.3, 0.4) is 0 Å². The zero-order valence-corrected chi connectivity index (χ0v) is 18.8. The molecule has 1 heterocycles. The molecule has 0 aliphatic rings. The van der Waals surface area contributed by atoms with Crippen molar-refractivity contribution < 1.29 is 22.4 Å². The lowest BCUT2D eigenvalue weighted by atomic mass is 10.1. The molecule has 0 aliphatic carbocycles. The van der Waals surface area contributed by atoms with Crippen LogP contribution in [0.25, 0.3) is 22.3 Å². The lowest BCUT2D eigenvalue weighted by molar-refractivity contribution is -0.137. The minimum absolute atomic E-state index is 0.155. The van der Waals surface area contributed by atoms with E-state index in [9.17, 15) is 22.4 Å². The third-order valence-corrected chi connectivity index (χ3v) is 6.07. The molecule has 4 nitrogen and oxygen atoms in total. The van der Waals surface area contributed by atoms with Crippen molar-refractivity contribution in [3.63, 3.8) is 0 Å². The van der Waals surface area contributed by atoms with E-state index in [0.29, 0.717) is 21.9 Å². The van der Waals surface area contributed by atoms with Crippen molar-refractivity contribution in [2.75, 3.05) is 11.1 Å². The number of nitrogens with one attached hydrogen (secondary N) is 1. The van der Waals surface area contributed by atoms with Crippen molar-refractivity contribution in [1.82, 2.24) is 9.97 Å². The Morgan fingerprint density at radius 1 is 1.00 bits per heavy atom. The van der Waals surface area contributed by atoms with Gasteiger partial charge in [-0.05, 0) is 60.5 Å². The number of carbonyl (C=O) groups is 1. The summed E-state index contributed by atoms with van der Waals surface area (Å²) in [5.41, 5.74) is 1.10. The number of aryl methyl sites for hydroxylation is 1. The lowest BCUT2D eigenvalue weighted by Gasteiger charge is -2.14. The first kappa shape index (κ1) is 23.7. The molecule has 0 atom stereocenters. The van der Waals surface area contributed by atoms with Gasteiger partial charge in [-0.25, -0.2) is 14.4 Å². The van der Waals surface area contributed by atoms with E-state index in [0.717, 1.165) is 35.2 Å². The SMILES string of the molecule is CCc1ccc2nc(-c3ccc(F)cc3)nc(SCC(=O)Nc3ccccc3C(F)(F)F)c2c1. The molecule has 174 valence electrons. The molecule has 9 heteroatoms. The van der Waals surface area contributed by atoms with Gasteiger partial charge in [-0.15, -0.1) is 0 Å². The van der Waals surface area contributed by atoms with Gasteiger partial charge in [0, 0.05) is 10.9 Å². The van der Waals surface area contributed by atoms with Crippen LogP contribution in [0.4, 0.5) is 23.2 Å². The van der Waals surface area contributed by atoms with E-state index in [1.54, 1.807) is 12.1 Å². The van der Waals surface area contributed by atoms with Crippen LogP contribution in [0.2, 0.25) is 0 Å². The molecule has 0 aliphatic heterocycles. The van der Waals surface area contributed by atoms with Crippen LogP contribution in [0.1, 0.15) is 18.1 Å². The first-order valence-corrected chi connectivity index (χ1v) is 11.4. The maximum Gasteiger partial charge on any atom is 0.418 e. The summed E-state index contributed by atoms with van der Waals surface area (Å²) in [5, 5.41) is 3.59. The van der Waals surface area contributed by atoms with Crippen molar-refractivity contribution in [2.24, 2.45) is 0 Å². The summed E-state index contributed by atoms with van der Waals surface area (Å²) in [4.78, 5) is 21.7. The maximum atomic E-state index is 13.3. The Balaban J connectivity index is 1.63. The smallest absolute Gasteiger partial charge is 0.325 e. The Labute approximate surface area is 197 Å². The number of hydrogen-bond donors (Lipinski definition) is 1. The van der Waals surface area contributed by atoms with E-state index < -0.39 is 17.6 Å². The number of aromatic nitrogens is 2. The van der Waals surface area contributed by atoms with Crippen LogP contribution in [-0.2, 0) is 17.4 Å². The lowest BCUT2D eigenvalue weighted by Crippen LogP contribution is -2.18. The van der Waals surface area contributed by atoms with Crippen LogP contribution in [0.5, 0.6) is 0 Å². The Morgan fingerprint density at radius 2 is 1.74 bits per heavy atom. The minimum Gasteiger partial charge on any atom is -0.325 e. The number of amides is 1. The molecular formula is C25H19F4N3OS. The fourth-order valence-electron chi connectivity index (χ4n) is 3.37. The number of thioether (sulfide) groups is 1. The summed E-state index contributed by atoms with van der Waals surface area (Å²) in [6.07, 6.45) is -3.80. The molecule has 0 saturated heterocycles. The fraction of sp³-hybridized carbons (Fsp3) is 0.160. The summed E-state index contributed by atoms with van der Waals surface area (Å²) in [6, 6.07) is 16.3. The number of carbonyl (C=O) groups excluding carboxylic acids is 1. The number of para-hydroxylation sites is 1. The Morgan fingerprint density at radius 3 is 2.44 bits per heavy atom. The summed E-state index contributed by atoms with van der Waals surface area (Å²) in [5.74, 6) is -0.773. The average molecular weight is 486 g/mol. The van der Waals surface area contributed by atoms with Gasteiger partial charge in [-0.1, -0.05) is 36.9 Å². The molecule has 3 aromatic carbocycles. The van der Waals surface area contributed by atoms with Crippen molar-refractivity contribution in [1.29, 1.82) is 0 Å². The van der Waals surface area contributed by atoms with Gasteiger partial charge in [0.25, 0.3) is 0 Å². The second-order valence-electron chi connectivity index (χ2n) is 7.44. The zero-order chi connectivity index (χ0) is 24.3. The van der Waals surface area contributed by atoms with Crippen LogP contribution in [0.15, 0.2) is 71.8 Å². The van der Waals surface area contributed by atoms with Gasteiger partial charge in [0.2, 0.25) is 5.91 Å². The van der Waals surface area contributed by atoms with Gasteiger partial charge in [-0.2, -0.15) is 13.2 Å². The predicted octanol–water partition coefficient (Wildman–Crippen LogP) is 6.75. The van der Waals surface area contributed by atoms with Crippen molar-refractivity contribution in [3.8, 4) is 11.4 Å². The molecule has 0 radical (unpaired) electrons. The third-order valence-electron chi connectivity index (χ3n) is 5.08. The number of alkyl halides is 3. The number of anilines is 1. The van der Waals surface area contributed by atoms with Gasteiger partial charge in [-0.3, -0.25) is 4.79 Å². The molecule has 1 amide bonds. The quantitative estimate of drug-likeness (QED) is 0.187. The van der Waals surface area contributed by atoms with E-state index in [1.807, 2.05) is 25.1 Å². The number of rotatable bonds is 6. The number of fused-ring (bicyclic) bond motifs is 1. The van der Waals surface area contributed by atoms with E-state index in [1.165, 1.54) is 30.3 Å². The summed E-state index contributed by atoms with van der Waals surface area (Å²) in [6.45, 7) is 2.01. The van der Waals surface area contributed by atoms with Gasteiger partial charge < -0.3 is 5.32 Å². The molecular weight excluding hydrogens is 466 g/mol. The fourth-order valence-corrected chi connectivity index (χ4v) is 4.17. The van der Waals surface area contributed by atoms with Crippen molar-refractivity contribution >= 4 is 34.3 Å². The molecule has 0 unspecified atom stereocenters. The molecule has 0 bridgehead atoms. The normalized spacial score (nSPS) is 11.6. The van der Waals surface area contributed by atoms with Crippen molar-refractivity contribution in [2.45, 2.75) is 24.5 Å². The second kappa shape index (κ2) is 9.80. The molecule has 0 spiro atoms. The summed E-state index contributed by atoms with van der Waals surface area (Å²) < 4.78 is 53.0. The highest BCUT2D eigenvalue weighted by Gasteiger charge is 2.33.